The van der Waals surface area contributed by atoms with Crippen molar-refractivity contribution in [2.24, 2.45) is 11.3 Å². The Labute approximate surface area is 66.4 Å². The average Bonchev–Trinajstić information content (AvgIpc) is 1.83. The summed E-state index contributed by atoms with van der Waals surface area (Å²) in [4.78, 5) is 10.9. The summed E-state index contributed by atoms with van der Waals surface area (Å²) >= 11 is 0. The molecule has 2 atom stereocenters. The maximum absolute atomic E-state index is 10.9. The van der Waals surface area contributed by atoms with Gasteiger partial charge >= 0.3 is 5.97 Å². The molecule has 3 heteroatoms. The van der Waals surface area contributed by atoms with Crippen LogP contribution in [0.25, 0.3) is 0 Å². The zero-order chi connectivity index (χ0) is 8.65. The van der Waals surface area contributed by atoms with E-state index in [2.05, 4.69) is 0 Å². The molecule has 1 aliphatic heterocycles. The summed E-state index contributed by atoms with van der Waals surface area (Å²) in [6, 6.07) is 0. The molecule has 0 aromatic rings. The minimum atomic E-state index is -0.939. The van der Waals surface area contributed by atoms with E-state index in [1.54, 1.807) is 0 Å². The molecule has 64 valence electrons. The third kappa shape index (κ3) is 1.53. The van der Waals surface area contributed by atoms with Gasteiger partial charge in [-0.1, -0.05) is 20.8 Å². The molecule has 3 nitrogen and oxygen atoms in total. The first-order valence-electron chi connectivity index (χ1n) is 3.82. The highest BCUT2D eigenvalue weighted by atomic mass is 16.6. The molecule has 1 saturated heterocycles. The van der Waals surface area contributed by atoms with Crippen molar-refractivity contribution in [2.45, 2.75) is 33.5 Å². The topological polar surface area (TPSA) is 46.5 Å². The number of ether oxygens (including phenoxy) is 1. The summed E-state index contributed by atoms with van der Waals surface area (Å²) in [6.45, 7) is 5.59. The van der Waals surface area contributed by atoms with Crippen LogP contribution in [-0.2, 0) is 9.53 Å². The Kier molecular flexibility index (Phi) is 1.92. The summed E-state index contributed by atoms with van der Waals surface area (Å²) < 4.78 is 4.73. The zero-order valence-corrected chi connectivity index (χ0v) is 7.13. The highest BCUT2D eigenvalue weighted by Gasteiger charge is 2.40. The van der Waals surface area contributed by atoms with Crippen LogP contribution in [0.1, 0.15) is 27.2 Å². The first kappa shape index (κ1) is 8.53. The fraction of sp³-hybridized carbons (Fsp3) is 0.875. The Morgan fingerprint density at radius 1 is 1.64 bits per heavy atom. The molecule has 0 saturated carbocycles. The van der Waals surface area contributed by atoms with Crippen LogP contribution in [0.5, 0.6) is 0 Å². The van der Waals surface area contributed by atoms with E-state index in [0.29, 0.717) is 6.42 Å². The van der Waals surface area contributed by atoms with Crippen molar-refractivity contribution in [3.05, 3.63) is 0 Å². The van der Waals surface area contributed by atoms with Gasteiger partial charge in [-0.15, -0.1) is 0 Å². The molecular formula is C8H14O3. The molecule has 2 unspecified atom stereocenters. The Bertz CT molecular complexity index is 174. The van der Waals surface area contributed by atoms with Gasteiger partial charge in [0, 0.05) is 5.41 Å². The van der Waals surface area contributed by atoms with Crippen LogP contribution in [0.4, 0.5) is 0 Å². The number of carbonyl (C=O) groups is 1. The molecule has 1 fully saturated rings. The summed E-state index contributed by atoms with van der Waals surface area (Å²) in [6.07, 6.45) is -0.251. The van der Waals surface area contributed by atoms with E-state index in [0.717, 1.165) is 0 Å². The molecular weight excluding hydrogens is 144 g/mol. The molecule has 0 radical (unpaired) electrons. The maximum Gasteiger partial charge on any atom is 0.310 e. The van der Waals surface area contributed by atoms with Crippen molar-refractivity contribution >= 4 is 5.97 Å². The summed E-state index contributed by atoms with van der Waals surface area (Å²) in [5.41, 5.74) is -0.298. The van der Waals surface area contributed by atoms with Gasteiger partial charge in [-0.2, -0.15) is 0 Å². The Morgan fingerprint density at radius 3 is 2.64 bits per heavy atom. The van der Waals surface area contributed by atoms with Crippen molar-refractivity contribution in [3.8, 4) is 0 Å². The first-order chi connectivity index (χ1) is 4.93. The maximum atomic E-state index is 10.9. The molecule has 11 heavy (non-hydrogen) atoms. The van der Waals surface area contributed by atoms with Crippen LogP contribution in [0.15, 0.2) is 0 Å². The highest BCUT2D eigenvalue weighted by molar-refractivity contribution is 5.73. The van der Waals surface area contributed by atoms with Gasteiger partial charge < -0.3 is 9.84 Å². The highest BCUT2D eigenvalue weighted by Crippen LogP contribution is 2.35. The van der Waals surface area contributed by atoms with Gasteiger partial charge in [-0.25, -0.2) is 0 Å². The molecule has 0 amide bonds. The summed E-state index contributed by atoms with van der Waals surface area (Å²) in [5, 5.41) is 9.28. The third-order valence-corrected chi connectivity index (χ3v) is 2.13. The van der Waals surface area contributed by atoms with Crippen molar-refractivity contribution in [2.75, 3.05) is 0 Å². The molecule has 1 rings (SSSR count). The predicted molar refractivity (Wildman–Crippen MR) is 39.7 cm³/mol. The van der Waals surface area contributed by atoms with Crippen molar-refractivity contribution in [1.82, 2.24) is 0 Å². The van der Waals surface area contributed by atoms with Gasteiger partial charge in [0.25, 0.3) is 0 Å². The summed E-state index contributed by atoms with van der Waals surface area (Å²) in [7, 11) is 0. The minimum Gasteiger partial charge on any atom is -0.435 e. The van der Waals surface area contributed by atoms with E-state index in [-0.39, 0.29) is 17.3 Å². The van der Waals surface area contributed by atoms with E-state index in [9.17, 15) is 9.90 Å². The molecule has 0 bridgehead atoms. The van der Waals surface area contributed by atoms with Gasteiger partial charge in [0.2, 0.25) is 6.29 Å². The monoisotopic (exact) mass is 158 g/mol. The van der Waals surface area contributed by atoms with Crippen molar-refractivity contribution in [1.29, 1.82) is 0 Å². The minimum absolute atomic E-state index is 0.0894. The van der Waals surface area contributed by atoms with Gasteiger partial charge in [0.1, 0.15) is 0 Å². The lowest BCUT2D eigenvalue weighted by Gasteiger charge is -2.36. The van der Waals surface area contributed by atoms with Gasteiger partial charge in [-0.3, -0.25) is 4.79 Å². The Balaban J connectivity index is 2.70. The molecule has 0 spiro atoms. The number of hydrogen-bond donors (Lipinski definition) is 1. The van der Waals surface area contributed by atoms with Gasteiger partial charge in [-0.05, 0) is 6.42 Å². The van der Waals surface area contributed by atoms with E-state index >= 15 is 0 Å². The second-order valence-electron chi connectivity index (χ2n) is 3.88. The Morgan fingerprint density at radius 2 is 2.18 bits per heavy atom. The quantitative estimate of drug-likeness (QED) is 0.533. The van der Waals surface area contributed by atoms with Crippen LogP contribution in [-0.4, -0.2) is 17.4 Å². The first-order valence-corrected chi connectivity index (χ1v) is 3.82. The number of aliphatic hydroxyl groups is 1. The van der Waals surface area contributed by atoms with E-state index in [1.165, 1.54) is 0 Å². The van der Waals surface area contributed by atoms with E-state index < -0.39 is 6.29 Å². The number of rotatable bonds is 0. The van der Waals surface area contributed by atoms with Gasteiger partial charge in [0.15, 0.2) is 0 Å². The number of esters is 1. The van der Waals surface area contributed by atoms with Crippen LogP contribution < -0.4 is 0 Å². The predicted octanol–water partition coefficient (Wildman–Crippen LogP) is 0.914. The number of aliphatic hydroxyl groups excluding tert-OH is 1. The summed E-state index contributed by atoms with van der Waals surface area (Å²) in [5.74, 6) is -0.384. The molecule has 1 N–H and O–H groups in total. The molecule has 0 aliphatic carbocycles. The second-order valence-corrected chi connectivity index (χ2v) is 3.88. The lowest BCUT2D eigenvalue weighted by molar-refractivity contribution is -0.211. The molecule has 1 heterocycles. The Hall–Kier alpha value is -0.570. The largest absolute Gasteiger partial charge is 0.435 e. The molecule has 1 aliphatic rings. The lowest BCUT2D eigenvalue weighted by atomic mass is 9.81. The lowest BCUT2D eigenvalue weighted by Crippen LogP contribution is -2.42. The average molecular weight is 158 g/mol. The smallest absolute Gasteiger partial charge is 0.310 e. The molecule has 0 aromatic heterocycles. The van der Waals surface area contributed by atoms with Crippen LogP contribution in [0.3, 0.4) is 0 Å². The zero-order valence-electron chi connectivity index (χ0n) is 7.13. The number of hydrogen-bond acceptors (Lipinski definition) is 3. The standard InChI is InChI=1S/C8H14O3/c1-5-4-8(2,3)7(10)11-6(5)9/h5,7,10H,4H2,1-3H3. The van der Waals surface area contributed by atoms with E-state index in [1.807, 2.05) is 20.8 Å². The van der Waals surface area contributed by atoms with Crippen LogP contribution in [0, 0.1) is 11.3 Å². The van der Waals surface area contributed by atoms with Crippen molar-refractivity contribution < 1.29 is 14.6 Å². The van der Waals surface area contributed by atoms with Gasteiger partial charge in [0.05, 0.1) is 5.92 Å². The van der Waals surface area contributed by atoms with E-state index in [4.69, 9.17) is 4.74 Å². The van der Waals surface area contributed by atoms with Crippen LogP contribution >= 0.6 is 0 Å². The second kappa shape index (κ2) is 2.48. The SMILES string of the molecule is CC1CC(C)(C)C(O)OC1=O. The molecule has 0 aromatic carbocycles. The fourth-order valence-corrected chi connectivity index (χ4v) is 1.36. The third-order valence-electron chi connectivity index (χ3n) is 2.13. The fourth-order valence-electron chi connectivity index (χ4n) is 1.36. The van der Waals surface area contributed by atoms with Crippen molar-refractivity contribution in [3.63, 3.8) is 0 Å². The van der Waals surface area contributed by atoms with Crippen LogP contribution in [0.2, 0.25) is 0 Å². The normalized spacial score (nSPS) is 36.5. The number of carbonyl (C=O) groups excluding carboxylic acids is 1. The number of cyclic esters (lactones) is 1.